The maximum absolute atomic E-state index is 11.3. The number of carbonyl (C=O) groups is 1. The lowest BCUT2D eigenvalue weighted by Crippen LogP contribution is -2.23. The molecule has 0 atom stereocenters. The van der Waals surface area contributed by atoms with E-state index >= 15 is 0 Å². The van der Waals surface area contributed by atoms with Crippen molar-refractivity contribution in [2.24, 2.45) is 0 Å². The minimum absolute atomic E-state index is 0.642. The van der Waals surface area contributed by atoms with Crippen LogP contribution in [0, 0.1) is 6.92 Å². The Kier molecular flexibility index (Phi) is 3.10. The molecule has 0 saturated heterocycles. The standard InChI is InChI=1S/C14H13NO2/c1-11-7-9-13(10-8-11)15(14(16)17)12-5-3-2-4-6-12/h2-10H,1H3,(H,16,17). The van der Waals surface area contributed by atoms with Crippen LogP contribution < -0.4 is 4.90 Å². The van der Waals surface area contributed by atoms with Gasteiger partial charge in [0, 0.05) is 0 Å². The number of benzene rings is 2. The SMILES string of the molecule is Cc1ccc(N(C(=O)O)c2ccccc2)cc1. The Balaban J connectivity index is 2.43. The lowest BCUT2D eigenvalue weighted by atomic mass is 10.2. The van der Waals surface area contributed by atoms with Crippen LogP contribution in [0.2, 0.25) is 0 Å². The summed E-state index contributed by atoms with van der Waals surface area (Å²) in [4.78, 5) is 12.6. The first-order chi connectivity index (χ1) is 8.18. The van der Waals surface area contributed by atoms with E-state index in [1.54, 1.807) is 24.3 Å². The van der Waals surface area contributed by atoms with Gasteiger partial charge in [0.15, 0.2) is 0 Å². The lowest BCUT2D eigenvalue weighted by Gasteiger charge is -2.19. The number of hydrogen-bond donors (Lipinski definition) is 1. The van der Waals surface area contributed by atoms with E-state index in [1.807, 2.05) is 37.3 Å². The zero-order chi connectivity index (χ0) is 12.3. The van der Waals surface area contributed by atoms with Crippen LogP contribution in [0.3, 0.4) is 0 Å². The zero-order valence-electron chi connectivity index (χ0n) is 9.50. The Labute approximate surface area is 99.9 Å². The average Bonchev–Trinajstić information content (AvgIpc) is 2.33. The predicted molar refractivity (Wildman–Crippen MR) is 67.8 cm³/mol. The van der Waals surface area contributed by atoms with Crippen LogP contribution >= 0.6 is 0 Å². The van der Waals surface area contributed by atoms with Crippen LogP contribution in [0.5, 0.6) is 0 Å². The van der Waals surface area contributed by atoms with E-state index in [-0.39, 0.29) is 0 Å². The van der Waals surface area contributed by atoms with Crippen molar-refractivity contribution in [2.75, 3.05) is 4.90 Å². The van der Waals surface area contributed by atoms with E-state index in [9.17, 15) is 9.90 Å². The van der Waals surface area contributed by atoms with Gasteiger partial charge >= 0.3 is 6.09 Å². The van der Waals surface area contributed by atoms with Crippen molar-refractivity contribution in [1.82, 2.24) is 0 Å². The molecule has 0 saturated carbocycles. The highest BCUT2D eigenvalue weighted by Gasteiger charge is 2.15. The topological polar surface area (TPSA) is 40.5 Å². The maximum Gasteiger partial charge on any atom is 0.416 e. The lowest BCUT2D eigenvalue weighted by molar-refractivity contribution is 0.205. The molecule has 86 valence electrons. The summed E-state index contributed by atoms with van der Waals surface area (Å²) in [6.07, 6.45) is -0.986. The molecule has 0 fully saturated rings. The van der Waals surface area contributed by atoms with Gasteiger partial charge in [-0.3, -0.25) is 0 Å². The van der Waals surface area contributed by atoms with Crippen molar-refractivity contribution in [2.45, 2.75) is 6.92 Å². The van der Waals surface area contributed by atoms with Crippen molar-refractivity contribution in [1.29, 1.82) is 0 Å². The molecule has 2 rings (SSSR count). The van der Waals surface area contributed by atoms with E-state index in [2.05, 4.69) is 0 Å². The molecule has 3 nitrogen and oxygen atoms in total. The van der Waals surface area contributed by atoms with E-state index < -0.39 is 6.09 Å². The van der Waals surface area contributed by atoms with Gasteiger partial charge in [0.2, 0.25) is 0 Å². The summed E-state index contributed by atoms with van der Waals surface area (Å²) in [6.45, 7) is 1.97. The number of anilines is 2. The number of aryl methyl sites for hydroxylation is 1. The summed E-state index contributed by atoms with van der Waals surface area (Å²) in [5.74, 6) is 0. The van der Waals surface area contributed by atoms with Crippen LogP contribution in [0.15, 0.2) is 54.6 Å². The van der Waals surface area contributed by atoms with Gasteiger partial charge in [-0.2, -0.15) is 0 Å². The highest BCUT2D eigenvalue weighted by Crippen LogP contribution is 2.25. The second-order valence-electron chi connectivity index (χ2n) is 3.79. The molecule has 3 heteroatoms. The average molecular weight is 227 g/mol. The number of para-hydroxylation sites is 1. The summed E-state index contributed by atoms with van der Waals surface area (Å²) in [5.41, 5.74) is 2.39. The van der Waals surface area contributed by atoms with E-state index in [4.69, 9.17) is 0 Å². The molecule has 2 aromatic carbocycles. The molecule has 1 amide bonds. The molecule has 0 aliphatic rings. The van der Waals surface area contributed by atoms with Crippen molar-refractivity contribution < 1.29 is 9.90 Å². The molecular formula is C14H13NO2. The van der Waals surface area contributed by atoms with Crippen molar-refractivity contribution in [3.8, 4) is 0 Å². The first kappa shape index (κ1) is 11.2. The molecule has 0 unspecified atom stereocenters. The number of carboxylic acid groups (broad SMARTS) is 1. The molecule has 0 aliphatic heterocycles. The summed E-state index contributed by atoms with van der Waals surface area (Å²) in [6, 6.07) is 16.4. The monoisotopic (exact) mass is 227 g/mol. The highest BCUT2D eigenvalue weighted by atomic mass is 16.4. The molecule has 0 bridgehead atoms. The van der Waals surface area contributed by atoms with E-state index in [0.717, 1.165) is 5.56 Å². The Hall–Kier alpha value is -2.29. The molecule has 2 aromatic rings. The van der Waals surface area contributed by atoms with E-state index in [0.29, 0.717) is 11.4 Å². The minimum Gasteiger partial charge on any atom is -0.464 e. The van der Waals surface area contributed by atoms with Gasteiger partial charge in [0.05, 0.1) is 11.4 Å². The van der Waals surface area contributed by atoms with Gasteiger partial charge in [-0.05, 0) is 31.2 Å². The van der Waals surface area contributed by atoms with Gasteiger partial charge in [-0.25, -0.2) is 9.69 Å². The van der Waals surface area contributed by atoms with Crippen LogP contribution in [0.25, 0.3) is 0 Å². The third-order valence-corrected chi connectivity index (χ3v) is 2.50. The Morgan fingerprint density at radius 2 is 1.47 bits per heavy atom. The van der Waals surface area contributed by atoms with Gasteiger partial charge in [-0.1, -0.05) is 35.9 Å². The first-order valence-corrected chi connectivity index (χ1v) is 5.33. The van der Waals surface area contributed by atoms with Gasteiger partial charge in [0.1, 0.15) is 0 Å². The quantitative estimate of drug-likeness (QED) is 0.847. The molecule has 0 aromatic heterocycles. The second kappa shape index (κ2) is 4.70. The molecule has 0 aliphatic carbocycles. The van der Waals surface area contributed by atoms with Crippen LogP contribution in [-0.4, -0.2) is 11.2 Å². The first-order valence-electron chi connectivity index (χ1n) is 5.33. The third-order valence-electron chi connectivity index (χ3n) is 2.50. The molecule has 17 heavy (non-hydrogen) atoms. The zero-order valence-corrected chi connectivity index (χ0v) is 9.50. The van der Waals surface area contributed by atoms with Gasteiger partial charge in [0.25, 0.3) is 0 Å². The molecule has 0 radical (unpaired) electrons. The number of amides is 1. The summed E-state index contributed by atoms with van der Waals surface area (Å²) >= 11 is 0. The van der Waals surface area contributed by atoms with Crippen LogP contribution in [0.1, 0.15) is 5.56 Å². The smallest absolute Gasteiger partial charge is 0.416 e. The summed E-state index contributed by atoms with van der Waals surface area (Å²) < 4.78 is 0. The van der Waals surface area contributed by atoms with Crippen LogP contribution in [-0.2, 0) is 0 Å². The minimum atomic E-state index is -0.986. The van der Waals surface area contributed by atoms with Gasteiger partial charge in [-0.15, -0.1) is 0 Å². The molecule has 1 N–H and O–H groups in total. The normalized spacial score (nSPS) is 9.94. The van der Waals surface area contributed by atoms with Crippen molar-refractivity contribution >= 4 is 17.5 Å². The Morgan fingerprint density at radius 1 is 0.941 bits per heavy atom. The molecule has 0 heterocycles. The Bertz CT molecular complexity index is 506. The number of rotatable bonds is 2. The highest BCUT2D eigenvalue weighted by molar-refractivity contribution is 5.94. The summed E-state index contributed by atoms with van der Waals surface area (Å²) in [7, 11) is 0. The second-order valence-corrected chi connectivity index (χ2v) is 3.79. The fraction of sp³-hybridized carbons (Fsp3) is 0.0714. The number of hydrogen-bond acceptors (Lipinski definition) is 1. The fourth-order valence-corrected chi connectivity index (χ4v) is 1.64. The summed E-state index contributed by atoms with van der Waals surface area (Å²) in [5, 5.41) is 9.28. The number of nitrogens with zero attached hydrogens (tertiary/aromatic N) is 1. The predicted octanol–water partition coefficient (Wildman–Crippen LogP) is 3.81. The van der Waals surface area contributed by atoms with Crippen molar-refractivity contribution in [3.63, 3.8) is 0 Å². The Morgan fingerprint density at radius 3 is 2.00 bits per heavy atom. The largest absolute Gasteiger partial charge is 0.464 e. The van der Waals surface area contributed by atoms with Gasteiger partial charge < -0.3 is 5.11 Å². The van der Waals surface area contributed by atoms with Crippen molar-refractivity contribution in [3.05, 3.63) is 60.2 Å². The molecule has 0 spiro atoms. The van der Waals surface area contributed by atoms with E-state index in [1.165, 1.54) is 4.90 Å². The molecular weight excluding hydrogens is 214 g/mol. The van der Waals surface area contributed by atoms with Crippen LogP contribution in [0.4, 0.5) is 16.2 Å². The third kappa shape index (κ3) is 2.45. The maximum atomic E-state index is 11.3. The fourth-order valence-electron chi connectivity index (χ4n) is 1.64.